The maximum absolute atomic E-state index is 12.2. The third-order valence-electron chi connectivity index (χ3n) is 3.93. The highest BCUT2D eigenvalue weighted by Crippen LogP contribution is 2.17. The van der Waals surface area contributed by atoms with Gasteiger partial charge in [-0.05, 0) is 35.7 Å². The Bertz CT molecular complexity index is 1020. The number of esters is 1. The van der Waals surface area contributed by atoms with Crippen molar-refractivity contribution in [1.29, 1.82) is 5.26 Å². The van der Waals surface area contributed by atoms with E-state index in [0.29, 0.717) is 11.6 Å². The fraction of sp³-hybridized carbons (Fsp3) is 0.250. The molecule has 0 aliphatic rings. The molecule has 0 unspecified atom stereocenters. The second kappa shape index (κ2) is 9.82. The Morgan fingerprint density at radius 1 is 1.10 bits per heavy atom. The predicted molar refractivity (Wildman–Crippen MR) is 106 cm³/mol. The van der Waals surface area contributed by atoms with Crippen LogP contribution in [0.1, 0.15) is 30.9 Å². The zero-order valence-electron chi connectivity index (χ0n) is 16.0. The van der Waals surface area contributed by atoms with Crippen molar-refractivity contribution in [2.45, 2.75) is 24.7 Å². The van der Waals surface area contributed by atoms with Crippen molar-refractivity contribution in [3.63, 3.8) is 0 Å². The summed E-state index contributed by atoms with van der Waals surface area (Å²) in [7, 11) is -4.07. The average molecular weight is 415 g/mol. The Kier molecular flexibility index (Phi) is 7.47. The zero-order chi connectivity index (χ0) is 21.4. The summed E-state index contributed by atoms with van der Waals surface area (Å²) in [5.41, 5.74) is 1.64. The minimum absolute atomic E-state index is 0.0452. The van der Waals surface area contributed by atoms with Gasteiger partial charge in [0, 0.05) is 5.69 Å². The summed E-state index contributed by atoms with van der Waals surface area (Å²) in [4.78, 5) is 23.4. The van der Waals surface area contributed by atoms with Gasteiger partial charge < -0.3 is 10.1 Å². The first-order valence-corrected chi connectivity index (χ1v) is 10.3. The maximum Gasteiger partial charge on any atom is 0.321 e. The molecule has 0 fully saturated rings. The quantitative estimate of drug-likeness (QED) is 0.636. The number of rotatable bonds is 8. The summed E-state index contributed by atoms with van der Waals surface area (Å²) in [6.07, 6.45) is 0. The molecule has 2 N–H and O–H groups in total. The maximum atomic E-state index is 12.2. The highest BCUT2D eigenvalue weighted by Gasteiger charge is 2.20. The van der Waals surface area contributed by atoms with E-state index in [-0.39, 0.29) is 10.5 Å². The van der Waals surface area contributed by atoms with Crippen LogP contribution in [0.3, 0.4) is 0 Å². The number of sulfonamides is 1. The molecule has 152 valence electrons. The third-order valence-corrected chi connectivity index (χ3v) is 5.39. The smallest absolute Gasteiger partial charge is 0.321 e. The first kappa shape index (κ1) is 22.1. The van der Waals surface area contributed by atoms with Crippen LogP contribution < -0.4 is 10.0 Å². The molecule has 9 heteroatoms. The van der Waals surface area contributed by atoms with E-state index in [1.807, 2.05) is 12.1 Å². The molecule has 2 aromatic rings. The average Bonchev–Trinajstić information content (AvgIpc) is 2.71. The fourth-order valence-corrected chi connectivity index (χ4v) is 3.49. The number of benzene rings is 2. The molecule has 0 saturated carbocycles. The molecule has 0 saturated heterocycles. The number of hydrogen-bond donors (Lipinski definition) is 2. The Morgan fingerprint density at radius 2 is 1.76 bits per heavy atom. The molecular formula is C20H21N3O5S. The number of carbonyl (C=O) groups is 2. The van der Waals surface area contributed by atoms with E-state index >= 15 is 0 Å². The van der Waals surface area contributed by atoms with Crippen LogP contribution in [0.4, 0.5) is 5.69 Å². The number of amides is 1. The fourth-order valence-electron chi connectivity index (χ4n) is 2.37. The number of carbonyl (C=O) groups excluding carboxylic acids is 2. The summed E-state index contributed by atoms with van der Waals surface area (Å²) >= 11 is 0. The van der Waals surface area contributed by atoms with Crippen LogP contribution in [-0.4, -0.2) is 33.4 Å². The molecule has 2 rings (SSSR count). The van der Waals surface area contributed by atoms with E-state index in [9.17, 15) is 18.0 Å². The largest absolute Gasteiger partial charge is 0.455 e. The second-order valence-electron chi connectivity index (χ2n) is 6.42. The summed E-state index contributed by atoms with van der Waals surface area (Å²) in [6.45, 7) is 2.89. The van der Waals surface area contributed by atoms with E-state index in [1.165, 1.54) is 24.3 Å². The van der Waals surface area contributed by atoms with Gasteiger partial charge in [-0.1, -0.05) is 38.1 Å². The van der Waals surface area contributed by atoms with Gasteiger partial charge in [-0.25, -0.2) is 8.42 Å². The van der Waals surface area contributed by atoms with Crippen LogP contribution in [0, 0.1) is 11.3 Å². The van der Waals surface area contributed by atoms with Crippen LogP contribution in [0.25, 0.3) is 0 Å². The van der Waals surface area contributed by atoms with E-state index in [1.54, 1.807) is 18.2 Å². The molecule has 0 atom stereocenters. The van der Waals surface area contributed by atoms with Gasteiger partial charge >= 0.3 is 5.97 Å². The molecule has 0 heterocycles. The second-order valence-corrected chi connectivity index (χ2v) is 8.15. The van der Waals surface area contributed by atoms with Gasteiger partial charge in [0.2, 0.25) is 10.0 Å². The van der Waals surface area contributed by atoms with Crippen LogP contribution in [0.15, 0.2) is 53.4 Å². The van der Waals surface area contributed by atoms with Crippen molar-refractivity contribution < 1.29 is 22.7 Å². The number of anilines is 1. The zero-order valence-corrected chi connectivity index (χ0v) is 16.8. The number of nitrogens with one attached hydrogen (secondary N) is 2. The molecule has 0 aliphatic heterocycles. The topological polar surface area (TPSA) is 125 Å². The normalized spacial score (nSPS) is 11.0. The van der Waals surface area contributed by atoms with Crippen LogP contribution in [0.5, 0.6) is 0 Å². The lowest BCUT2D eigenvalue weighted by molar-refractivity contribution is -0.146. The number of hydrogen-bond acceptors (Lipinski definition) is 6. The summed E-state index contributed by atoms with van der Waals surface area (Å²) in [5, 5.41) is 11.6. The molecule has 0 spiro atoms. The van der Waals surface area contributed by atoms with Crippen LogP contribution in [0.2, 0.25) is 0 Å². The van der Waals surface area contributed by atoms with E-state index in [2.05, 4.69) is 23.9 Å². The Hall–Kier alpha value is -3.22. The van der Waals surface area contributed by atoms with Gasteiger partial charge in [0.25, 0.3) is 5.91 Å². The molecule has 0 bridgehead atoms. The Labute approximate surface area is 169 Å². The molecule has 0 radical (unpaired) electrons. The van der Waals surface area contributed by atoms with E-state index < -0.39 is 35.1 Å². The first-order valence-electron chi connectivity index (χ1n) is 8.77. The van der Waals surface area contributed by atoms with Crippen molar-refractivity contribution in [2.75, 3.05) is 18.5 Å². The number of nitriles is 1. The standard InChI is InChI=1S/C20H21N3O5S/c1-14(2)15-7-9-17(10-8-15)23-19(24)13-28-20(25)12-22-29(26,27)18-6-4-3-5-16(18)11-21/h3-10,14,22H,12-13H2,1-2H3,(H,23,24). The summed E-state index contributed by atoms with van der Waals surface area (Å²) in [5.74, 6) is -1.11. The van der Waals surface area contributed by atoms with Crippen molar-refractivity contribution in [3.05, 3.63) is 59.7 Å². The monoisotopic (exact) mass is 415 g/mol. The van der Waals surface area contributed by atoms with Crippen molar-refractivity contribution in [1.82, 2.24) is 4.72 Å². The highest BCUT2D eigenvalue weighted by molar-refractivity contribution is 7.89. The molecule has 0 aromatic heterocycles. The molecule has 0 aliphatic carbocycles. The number of ether oxygens (including phenoxy) is 1. The summed E-state index contributed by atoms with van der Waals surface area (Å²) in [6, 6.07) is 14.6. The summed E-state index contributed by atoms with van der Waals surface area (Å²) < 4.78 is 31.3. The molecule has 29 heavy (non-hydrogen) atoms. The molecule has 1 amide bonds. The lowest BCUT2D eigenvalue weighted by Gasteiger charge is -2.10. The van der Waals surface area contributed by atoms with E-state index in [4.69, 9.17) is 10.00 Å². The van der Waals surface area contributed by atoms with E-state index in [0.717, 1.165) is 5.56 Å². The minimum atomic E-state index is -4.07. The van der Waals surface area contributed by atoms with Crippen molar-refractivity contribution >= 4 is 27.6 Å². The van der Waals surface area contributed by atoms with Gasteiger partial charge in [0.15, 0.2) is 6.61 Å². The van der Waals surface area contributed by atoms with Gasteiger partial charge in [0.1, 0.15) is 12.6 Å². The van der Waals surface area contributed by atoms with Crippen LogP contribution >= 0.6 is 0 Å². The van der Waals surface area contributed by atoms with Gasteiger partial charge in [-0.3, -0.25) is 9.59 Å². The minimum Gasteiger partial charge on any atom is -0.455 e. The SMILES string of the molecule is CC(C)c1ccc(NC(=O)COC(=O)CNS(=O)(=O)c2ccccc2C#N)cc1. The van der Waals surface area contributed by atoms with Crippen LogP contribution in [-0.2, 0) is 24.3 Å². The molecular weight excluding hydrogens is 394 g/mol. The Morgan fingerprint density at radius 3 is 2.38 bits per heavy atom. The Balaban J connectivity index is 1.83. The number of nitrogens with zero attached hydrogens (tertiary/aromatic N) is 1. The first-order chi connectivity index (χ1) is 13.7. The lowest BCUT2D eigenvalue weighted by Crippen LogP contribution is -2.32. The van der Waals surface area contributed by atoms with Gasteiger partial charge in [-0.2, -0.15) is 9.98 Å². The predicted octanol–water partition coefficient (Wildman–Crippen LogP) is 2.14. The van der Waals surface area contributed by atoms with Crippen molar-refractivity contribution in [3.8, 4) is 6.07 Å². The third kappa shape index (κ3) is 6.41. The van der Waals surface area contributed by atoms with Gasteiger partial charge in [0.05, 0.1) is 10.5 Å². The van der Waals surface area contributed by atoms with Gasteiger partial charge in [-0.15, -0.1) is 0 Å². The molecule has 2 aromatic carbocycles. The lowest BCUT2D eigenvalue weighted by atomic mass is 10.0. The van der Waals surface area contributed by atoms with Crippen molar-refractivity contribution in [2.24, 2.45) is 0 Å². The molecule has 8 nitrogen and oxygen atoms in total. The highest BCUT2D eigenvalue weighted by atomic mass is 32.2.